The predicted molar refractivity (Wildman–Crippen MR) is 168 cm³/mol. The average molecular weight is 668 g/mol. The zero-order chi connectivity index (χ0) is 33.6. The number of amides is 1. The first-order valence-corrected chi connectivity index (χ1v) is 15.8. The number of benzene rings is 1. The molecule has 2 fully saturated rings. The van der Waals surface area contributed by atoms with Gasteiger partial charge >= 0.3 is 12.1 Å². The number of aromatic carboxylic acids is 1. The highest BCUT2D eigenvalue weighted by molar-refractivity contribution is 6.31. The van der Waals surface area contributed by atoms with E-state index in [1.165, 1.54) is 6.20 Å². The highest BCUT2D eigenvalue weighted by atomic mass is 35.5. The van der Waals surface area contributed by atoms with Gasteiger partial charge in [0.25, 0.3) is 0 Å². The Bertz CT molecular complexity index is 1520. The van der Waals surface area contributed by atoms with Gasteiger partial charge in [-0.15, -0.1) is 0 Å². The van der Waals surface area contributed by atoms with Crippen LogP contribution in [0.1, 0.15) is 71.5 Å². The lowest BCUT2D eigenvalue weighted by atomic mass is 10.0. The lowest BCUT2D eigenvalue weighted by molar-refractivity contribution is -0.141. The summed E-state index contributed by atoms with van der Waals surface area (Å²) in [7, 11) is 0. The molecule has 0 bridgehead atoms. The van der Waals surface area contributed by atoms with Gasteiger partial charge in [-0.05, 0) is 44.4 Å². The molecule has 0 saturated carbocycles. The van der Waals surface area contributed by atoms with E-state index in [0.29, 0.717) is 54.6 Å². The first-order valence-electron chi connectivity index (χ1n) is 15.4. The molecule has 46 heavy (non-hydrogen) atoms. The number of carboxylic acid groups (broad SMARTS) is 1. The molecule has 3 N–H and O–H groups in total. The molecule has 15 heteroatoms. The summed E-state index contributed by atoms with van der Waals surface area (Å²) in [5.74, 6) is 4.64. The summed E-state index contributed by atoms with van der Waals surface area (Å²) in [5.41, 5.74) is 2.43. The Balaban J connectivity index is 0.000000230. The minimum absolute atomic E-state index is 0.0477. The number of aromatic nitrogens is 3. The second kappa shape index (κ2) is 15.4. The summed E-state index contributed by atoms with van der Waals surface area (Å²) < 4.78 is 40.5. The topological polar surface area (TPSA) is 130 Å². The average Bonchev–Trinajstić information content (AvgIpc) is 3.57. The van der Waals surface area contributed by atoms with Crippen molar-refractivity contribution in [3.63, 3.8) is 0 Å². The summed E-state index contributed by atoms with van der Waals surface area (Å²) in [5, 5.41) is 16.5. The van der Waals surface area contributed by atoms with E-state index in [1.807, 2.05) is 23.5 Å². The van der Waals surface area contributed by atoms with Crippen LogP contribution in [0.15, 0.2) is 30.6 Å². The summed E-state index contributed by atoms with van der Waals surface area (Å²) >= 11 is 5.95. The van der Waals surface area contributed by atoms with Crippen LogP contribution in [-0.4, -0.2) is 104 Å². The number of fused-ring (bicyclic) bond motifs is 1. The molecule has 11 nitrogen and oxygen atoms in total. The van der Waals surface area contributed by atoms with Crippen molar-refractivity contribution in [3.05, 3.63) is 52.4 Å². The molecule has 1 amide bonds. The molecule has 0 atom stereocenters. The maximum absolute atomic E-state index is 12.6. The zero-order valence-corrected chi connectivity index (χ0v) is 26.9. The largest absolute Gasteiger partial charge is 0.478 e. The smallest absolute Gasteiger partial charge is 0.390 e. The van der Waals surface area contributed by atoms with Gasteiger partial charge in [0.05, 0.1) is 29.8 Å². The fourth-order valence-corrected chi connectivity index (χ4v) is 6.05. The molecular weight excluding hydrogens is 627 g/mol. The molecule has 2 aliphatic rings. The van der Waals surface area contributed by atoms with E-state index >= 15 is 0 Å². The third-order valence-corrected chi connectivity index (χ3v) is 8.72. The Kier molecular flexibility index (Phi) is 11.9. The van der Waals surface area contributed by atoms with E-state index < -0.39 is 18.6 Å². The molecule has 2 aromatic heterocycles. The van der Waals surface area contributed by atoms with Crippen molar-refractivity contribution < 1.29 is 32.7 Å². The Morgan fingerprint density at radius 1 is 1.07 bits per heavy atom. The Labute approximate surface area is 270 Å². The summed E-state index contributed by atoms with van der Waals surface area (Å²) in [6.07, 6.45) is 1.57. The predicted octanol–water partition coefficient (Wildman–Crippen LogP) is 4.77. The Hall–Kier alpha value is -3.46. The number of hydrogen-bond acceptors (Lipinski definition) is 7. The Morgan fingerprint density at radius 2 is 1.74 bits per heavy atom. The van der Waals surface area contributed by atoms with Crippen LogP contribution in [0, 0.1) is 6.92 Å². The van der Waals surface area contributed by atoms with Crippen molar-refractivity contribution in [1.29, 1.82) is 0 Å². The number of halogens is 4. The van der Waals surface area contributed by atoms with E-state index in [1.54, 1.807) is 38.8 Å². The molecule has 0 unspecified atom stereocenters. The third kappa shape index (κ3) is 9.08. The number of carbonyl (C=O) groups is 3. The van der Waals surface area contributed by atoms with E-state index in [4.69, 9.17) is 17.4 Å². The maximum Gasteiger partial charge on any atom is 0.390 e. The highest BCUT2D eigenvalue weighted by Crippen LogP contribution is 2.26. The molecule has 5 rings (SSSR count). The lowest BCUT2D eigenvalue weighted by Crippen LogP contribution is -2.50. The van der Waals surface area contributed by atoms with Crippen molar-refractivity contribution in [1.82, 2.24) is 29.2 Å². The number of piperidine rings is 1. The first kappa shape index (κ1) is 35.4. The normalized spacial score (nSPS) is 16.8. The zero-order valence-electron chi connectivity index (χ0n) is 26.1. The molecule has 0 radical (unpaired) electrons. The number of nitrogens with zero attached hydrogens (tertiary/aromatic N) is 6. The van der Waals surface area contributed by atoms with Gasteiger partial charge in [0.2, 0.25) is 5.91 Å². The third-order valence-electron chi connectivity index (χ3n) is 8.48. The van der Waals surface area contributed by atoms with Crippen molar-refractivity contribution in [3.8, 4) is 0 Å². The van der Waals surface area contributed by atoms with Gasteiger partial charge in [-0.3, -0.25) is 25.0 Å². The fourth-order valence-electron chi connectivity index (χ4n) is 5.88. The van der Waals surface area contributed by atoms with Crippen molar-refractivity contribution in [2.24, 2.45) is 5.84 Å². The minimum atomic E-state index is -4.19. The van der Waals surface area contributed by atoms with E-state index in [0.717, 1.165) is 43.6 Å². The van der Waals surface area contributed by atoms with Crippen LogP contribution in [-0.2, 0) is 11.3 Å². The van der Waals surface area contributed by atoms with Crippen LogP contribution in [0.4, 0.5) is 13.2 Å². The van der Waals surface area contributed by atoms with Gasteiger partial charge in [0, 0.05) is 80.1 Å². The number of hydrogen-bond donors (Lipinski definition) is 2. The lowest BCUT2D eigenvalue weighted by Gasteiger charge is -2.35. The van der Waals surface area contributed by atoms with Gasteiger partial charge in [-0.1, -0.05) is 18.5 Å². The molecule has 0 spiro atoms. The van der Waals surface area contributed by atoms with Crippen molar-refractivity contribution >= 4 is 40.2 Å². The first-order chi connectivity index (χ1) is 21.8. The molecule has 4 heterocycles. The summed E-state index contributed by atoms with van der Waals surface area (Å²) in [6, 6.07) is 5.20. The molecule has 1 aromatic carbocycles. The minimum Gasteiger partial charge on any atom is -0.478 e. The van der Waals surface area contributed by atoms with Crippen LogP contribution >= 0.6 is 11.6 Å². The maximum atomic E-state index is 12.6. The van der Waals surface area contributed by atoms with Crippen LogP contribution in [0.5, 0.6) is 0 Å². The van der Waals surface area contributed by atoms with Crippen LogP contribution in [0.3, 0.4) is 0 Å². The number of carbonyl (C=O) groups excluding carboxylic acids is 2. The number of carboxylic acids is 1. The number of Topliss-reactive ketones (excluding diaryl/α,β-unsaturated/α-hetero) is 1. The van der Waals surface area contributed by atoms with Crippen molar-refractivity contribution in [2.45, 2.75) is 64.7 Å². The summed E-state index contributed by atoms with van der Waals surface area (Å²) in [6.45, 7) is 7.11. The number of alkyl halides is 3. The van der Waals surface area contributed by atoms with E-state index in [2.05, 4.69) is 5.10 Å². The van der Waals surface area contributed by atoms with Crippen LogP contribution in [0.25, 0.3) is 10.9 Å². The highest BCUT2D eigenvalue weighted by Gasteiger charge is 2.30. The molecule has 252 valence electrons. The monoisotopic (exact) mass is 667 g/mol. The second-order valence-electron chi connectivity index (χ2n) is 11.8. The number of ketones is 1. The van der Waals surface area contributed by atoms with Crippen molar-refractivity contribution in [2.75, 3.05) is 45.8 Å². The van der Waals surface area contributed by atoms with Crippen LogP contribution < -0.4 is 5.84 Å². The molecular formula is C31H41ClF3N7O4. The van der Waals surface area contributed by atoms with Gasteiger partial charge in [0.1, 0.15) is 6.54 Å². The fraction of sp³-hybridized carbons (Fsp3) is 0.548. The van der Waals surface area contributed by atoms with Gasteiger partial charge in [-0.2, -0.15) is 18.3 Å². The number of rotatable bonds is 9. The van der Waals surface area contributed by atoms with Gasteiger partial charge in [0.15, 0.2) is 5.78 Å². The van der Waals surface area contributed by atoms with Crippen LogP contribution in [0.2, 0.25) is 5.02 Å². The molecule has 3 aromatic rings. The molecule has 2 saturated heterocycles. The quantitative estimate of drug-likeness (QED) is 0.247. The number of piperazine rings is 1. The molecule has 0 aliphatic carbocycles. The standard InChI is InChI=1S/C18H19ClF3N3O3.C13H22N4O/c19-12-1-2-15-13(9-12)14(17(27)28)10-25(15)11-16(26)24-7-5-23(6-8-24)4-3-18(20,21)22;1-3-4-13(18)12-9-15-17(10(12)2)11-5-7-16(14)8-6-11/h1-2,9-10H,3-8,11H2,(H,27,28);9,11H,3-8,14H2,1-2H3. The second-order valence-corrected chi connectivity index (χ2v) is 12.2. The van der Waals surface area contributed by atoms with E-state index in [-0.39, 0.29) is 30.3 Å². The number of hydrazine groups is 1. The molecule has 2 aliphatic heterocycles. The van der Waals surface area contributed by atoms with Gasteiger partial charge < -0.3 is 14.6 Å². The summed E-state index contributed by atoms with van der Waals surface area (Å²) in [4.78, 5) is 39.3. The van der Waals surface area contributed by atoms with Gasteiger partial charge in [-0.25, -0.2) is 9.80 Å². The number of nitrogens with two attached hydrogens (primary N) is 1. The van der Waals surface area contributed by atoms with E-state index in [9.17, 15) is 32.7 Å². The Morgan fingerprint density at radius 3 is 2.35 bits per heavy atom. The SMILES string of the molecule is CCCC(=O)c1cnn(C2CCN(N)CC2)c1C.O=C(O)c1cn(CC(=O)N2CCN(CCC(F)(F)F)CC2)c2ccc(Cl)cc12.